The highest BCUT2D eigenvalue weighted by Crippen LogP contribution is 2.32. The fraction of sp³-hybridized carbons (Fsp3) is 0.182. The molecule has 0 aliphatic carbocycles. The van der Waals surface area contributed by atoms with E-state index in [2.05, 4.69) is 10.2 Å². The number of H-pyrrole nitrogens is 1. The fourth-order valence-corrected chi connectivity index (χ4v) is 1.62. The summed E-state index contributed by atoms with van der Waals surface area (Å²) in [5.41, 5.74) is 8.58. The summed E-state index contributed by atoms with van der Waals surface area (Å²) in [7, 11) is 1.65. The van der Waals surface area contributed by atoms with E-state index in [1.807, 2.05) is 25.1 Å². The zero-order chi connectivity index (χ0) is 10.8. The number of hydrogen-bond acceptors (Lipinski definition) is 3. The number of aromatic amines is 1. The number of nitrogens with one attached hydrogen (secondary N) is 1. The van der Waals surface area contributed by atoms with Gasteiger partial charge in [0.2, 0.25) is 0 Å². The minimum Gasteiger partial charge on any atom is -0.496 e. The molecule has 78 valence electrons. The molecule has 1 heterocycles. The van der Waals surface area contributed by atoms with Crippen LogP contribution in [0.2, 0.25) is 0 Å². The molecular weight excluding hydrogens is 190 g/mol. The van der Waals surface area contributed by atoms with Crippen molar-refractivity contribution in [2.75, 3.05) is 12.8 Å². The SMILES string of the molecule is COc1cccc(C)c1-c1cc(N)n[nH]1. The Morgan fingerprint density at radius 2 is 2.20 bits per heavy atom. The highest BCUT2D eigenvalue weighted by Gasteiger charge is 2.10. The van der Waals surface area contributed by atoms with Crippen LogP contribution in [0, 0.1) is 6.92 Å². The second kappa shape index (κ2) is 3.65. The van der Waals surface area contributed by atoms with Gasteiger partial charge in [0.1, 0.15) is 11.6 Å². The lowest BCUT2D eigenvalue weighted by Gasteiger charge is -2.08. The average Bonchev–Trinajstić information content (AvgIpc) is 2.64. The maximum Gasteiger partial charge on any atom is 0.145 e. The van der Waals surface area contributed by atoms with Crippen LogP contribution >= 0.6 is 0 Å². The first-order chi connectivity index (χ1) is 7.22. The van der Waals surface area contributed by atoms with Crippen LogP contribution in [-0.4, -0.2) is 17.3 Å². The minimum atomic E-state index is 0.482. The lowest BCUT2D eigenvalue weighted by molar-refractivity contribution is 0.416. The van der Waals surface area contributed by atoms with Gasteiger partial charge in [-0.25, -0.2) is 0 Å². The lowest BCUT2D eigenvalue weighted by Crippen LogP contribution is -1.90. The molecule has 1 aromatic heterocycles. The number of hydrogen-bond donors (Lipinski definition) is 2. The normalized spacial score (nSPS) is 10.3. The van der Waals surface area contributed by atoms with Crippen LogP contribution < -0.4 is 10.5 Å². The van der Waals surface area contributed by atoms with E-state index in [0.717, 1.165) is 22.6 Å². The van der Waals surface area contributed by atoms with Crippen LogP contribution in [-0.2, 0) is 0 Å². The first-order valence-electron chi connectivity index (χ1n) is 4.67. The zero-order valence-corrected chi connectivity index (χ0v) is 8.74. The number of nitrogens with zero attached hydrogens (tertiary/aromatic N) is 1. The Morgan fingerprint density at radius 1 is 1.40 bits per heavy atom. The second-order valence-electron chi connectivity index (χ2n) is 3.36. The highest BCUT2D eigenvalue weighted by molar-refractivity contribution is 5.72. The minimum absolute atomic E-state index is 0.482. The summed E-state index contributed by atoms with van der Waals surface area (Å²) in [4.78, 5) is 0. The summed E-state index contributed by atoms with van der Waals surface area (Å²) in [5.74, 6) is 1.30. The van der Waals surface area contributed by atoms with Gasteiger partial charge in [0.05, 0.1) is 12.8 Å². The number of methoxy groups -OCH3 is 1. The molecule has 2 aromatic rings. The van der Waals surface area contributed by atoms with Crippen molar-refractivity contribution >= 4 is 5.82 Å². The molecular formula is C11H13N3O. The van der Waals surface area contributed by atoms with E-state index in [-0.39, 0.29) is 0 Å². The molecule has 4 heteroatoms. The summed E-state index contributed by atoms with van der Waals surface area (Å²) >= 11 is 0. The molecule has 4 nitrogen and oxygen atoms in total. The predicted octanol–water partition coefficient (Wildman–Crippen LogP) is 1.98. The van der Waals surface area contributed by atoms with Crippen molar-refractivity contribution in [2.45, 2.75) is 6.92 Å². The maximum atomic E-state index is 5.57. The molecule has 0 atom stereocenters. The van der Waals surface area contributed by atoms with Crippen LogP contribution in [0.1, 0.15) is 5.56 Å². The molecule has 0 bridgehead atoms. The number of rotatable bonds is 2. The van der Waals surface area contributed by atoms with E-state index in [1.54, 1.807) is 13.2 Å². The standard InChI is InChI=1S/C11H13N3O/c1-7-4-3-5-9(15-2)11(7)8-6-10(12)14-13-8/h3-6H,1-2H3,(H3,12,13,14). The second-order valence-corrected chi connectivity index (χ2v) is 3.36. The van der Waals surface area contributed by atoms with Crippen molar-refractivity contribution in [3.05, 3.63) is 29.8 Å². The Bertz CT molecular complexity index is 476. The molecule has 0 saturated heterocycles. The van der Waals surface area contributed by atoms with Crippen molar-refractivity contribution in [2.24, 2.45) is 0 Å². The summed E-state index contributed by atoms with van der Waals surface area (Å²) in [5, 5.41) is 6.79. The third-order valence-electron chi connectivity index (χ3n) is 2.32. The van der Waals surface area contributed by atoms with Gasteiger partial charge in [-0.2, -0.15) is 5.10 Å². The number of aromatic nitrogens is 2. The van der Waals surface area contributed by atoms with Gasteiger partial charge >= 0.3 is 0 Å². The van der Waals surface area contributed by atoms with Crippen molar-refractivity contribution in [3.8, 4) is 17.0 Å². The molecule has 0 radical (unpaired) electrons. The predicted molar refractivity (Wildman–Crippen MR) is 59.7 cm³/mol. The van der Waals surface area contributed by atoms with Crippen LogP contribution in [0.4, 0.5) is 5.82 Å². The van der Waals surface area contributed by atoms with E-state index in [0.29, 0.717) is 5.82 Å². The van der Waals surface area contributed by atoms with Crippen molar-refractivity contribution < 1.29 is 4.74 Å². The molecule has 0 aliphatic heterocycles. The molecule has 0 fully saturated rings. The van der Waals surface area contributed by atoms with E-state index < -0.39 is 0 Å². The van der Waals surface area contributed by atoms with Crippen LogP contribution in [0.3, 0.4) is 0 Å². The number of nitrogen functional groups attached to an aromatic ring is 1. The largest absolute Gasteiger partial charge is 0.496 e. The number of nitrogens with two attached hydrogens (primary N) is 1. The van der Waals surface area contributed by atoms with Gasteiger partial charge in [-0.1, -0.05) is 12.1 Å². The van der Waals surface area contributed by atoms with Gasteiger partial charge in [-0.05, 0) is 18.6 Å². The number of benzene rings is 1. The van der Waals surface area contributed by atoms with Gasteiger partial charge < -0.3 is 10.5 Å². The zero-order valence-electron chi connectivity index (χ0n) is 8.74. The molecule has 0 spiro atoms. The van der Waals surface area contributed by atoms with E-state index in [9.17, 15) is 0 Å². The number of aryl methyl sites for hydroxylation is 1. The number of ether oxygens (including phenoxy) is 1. The van der Waals surface area contributed by atoms with Crippen LogP contribution in [0.5, 0.6) is 5.75 Å². The highest BCUT2D eigenvalue weighted by atomic mass is 16.5. The molecule has 2 rings (SSSR count). The van der Waals surface area contributed by atoms with Gasteiger partial charge in [-0.3, -0.25) is 5.10 Å². The molecule has 0 unspecified atom stereocenters. The first kappa shape index (κ1) is 9.58. The summed E-state index contributed by atoms with van der Waals surface area (Å²) in [6, 6.07) is 7.69. The third kappa shape index (κ3) is 1.66. The van der Waals surface area contributed by atoms with Crippen LogP contribution in [0.15, 0.2) is 24.3 Å². The van der Waals surface area contributed by atoms with Crippen molar-refractivity contribution in [1.29, 1.82) is 0 Å². The molecule has 1 aromatic carbocycles. The Morgan fingerprint density at radius 3 is 2.80 bits per heavy atom. The molecule has 0 aliphatic rings. The van der Waals surface area contributed by atoms with Crippen LogP contribution in [0.25, 0.3) is 11.3 Å². The molecule has 0 saturated carbocycles. The van der Waals surface area contributed by atoms with Gasteiger partial charge in [0, 0.05) is 11.6 Å². The first-order valence-corrected chi connectivity index (χ1v) is 4.67. The van der Waals surface area contributed by atoms with Gasteiger partial charge in [0.15, 0.2) is 0 Å². The summed E-state index contributed by atoms with van der Waals surface area (Å²) in [6.45, 7) is 2.02. The lowest BCUT2D eigenvalue weighted by atomic mass is 10.0. The summed E-state index contributed by atoms with van der Waals surface area (Å²) in [6.07, 6.45) is 0. The van der Waals surface area contributed by atoms with E-state index in [1.165, 1.54) is 0 Å². The topological polar surface area (TPSA) is 63.9 Å². The van der Waals surface area contributed by atoms with E-state index >= 15 is 0 Å². The molecule has 15 heavy (non-hydrogen) atoms. The van der Waals surface area contributed by atoms with Crippen molar-refractivity contribution in [1.82, 2.24) is 10.2 Å². The van der Waals surface area contributed by atoms with Crippen molar-refractivity contribution in [3.63, 3.8) is 0 Å². The van der Waals surface area contributed by atoms with E-state index in [4.69, 9.17) is 10.5 Å². The maximum absolute atomic E-state index is 5.57. The fourth-order valence-electron chi connectivity index (χ4n) is 1.62. The molecule has 0 amide bonds. The average molecular weight is 203 g/mol. The van der Waals surface area contributed by atoms with Gasteiger partial charge in [0.25, 0.3) is 0 Å². The molecule has 3 N–H and O–H groups in total. The third-order valence-corrected chi connectivity index (χ3v) is 2.32. The smallest absolute Gasteiger partial charge is 0.145 e. The van der Waals surface area contributed by atoms with Gasteiger partial charge in [-0.15, -0.1) is 0 Å². The Balaban J connectivity index is 2.60. The Hall–Kier alpha value is -1.97. The monoisotopic (exact) mass is 203 g/mol. The Kier molecular flexibility index (Phi) is 2.33. The Labute approximate surface area is 88.1 Å². The summed E-state index contributed by atoms with van der Waals surface area (Å²) < 4.78 is 5.30. The quantitative estimate of drug-likeness (QED) is 0.784. The number of anilines is 1.